The number of hydrogen-bond acceptors (Lipinski definition) is 1. The molecule has 0 saturated heterocycles. The fourth-order valence-electron chi connectivity index (χ4n) is 1.47. The monoisotopic (exact) mass is 162 g/mol. The van der Waals surface area contributed by atoms with Crippen LogP contribution in [0.2, 0.25) is 5.31 Å². The van der Waals surface area contributed by atoms with E-state index >= 15 is 0 Å². The Morgan fingerprint density at radius 2 is 2.33 bits per heavy atom. The van der Waals surface area contributed by atoms with E-state index in [9.17, 15) is 5.11 Å². The van der Waals surface area contributed by atoms with E-state index in [4.69, 9.17) is 7.85 Å². The van der Waals surface area contributed by atoms with Gasteiger partial charge in [0.15, 0.2) is 0 Å². The van der Waals surface area contributed by atoms with Crippen LogP contribution in [0, 0.1) is 5.92 Å². The smallest absolute Gasteiger partial charge is 0.111 e. The predicted molar refractivity (Wildman–Crippen MR) is 52.4 cm³/mol. The zero-order chi connectivity index (χ0) is 9.19. The van der Waals surface area contributed by atoms with Gasteiger partial charge in [-0.2, -0.15) is 0 Å². The van der Waals surface area contributed by atoms with Crippen LogP contribution < -0.4 is 0 Å². The maximum absolute atomic E-state index is 9.36. The molecule has 1 aliphatic rings. The van der Waals surface area contributed by atoms with Gasteiger partial charge < -0.3 is 5.11 Å². The molecule has 12 heavy (non-hydrogen) atoms. The van der Waals surface area contributed by atoms with Crippen LogP contribution in [0.4, 0.5) is 0 Å². The van der Waals surface area contributed by atoms with Crippen molar-refractivity contribution in [1.82, 2.24) is 0 Å². The number of rotatable bonds is 2. The number of allylic oxidation sites excluding steroid dienone is 3. The van der Waals surface area contributed by atoms with Crippen LogP contribution in [0.25, 0.3) is 0 Å². The van der Waals surface area contributed by atoms with E-state index in [0.717, 1.165) is 12.8 Å². The lowest BCUT2D eigenvalue weighted by atomic mass is 9.49. The minimum absolute atomic E-state index is 0.260. The molecule has 1 aliphatic carbocycles. The first kappa shape index (κ1) is 9.43. The summed E-state index contributed by atoms with van der Waals surface area (Å²) < 4.78 is 0. The van der Waals surface area contributed by atoms with Crippen LogP contribution in [0.3, 0.4) is 0 Å². The van der Waals surface area contributed by atoms with Crippen LogP contribution in [-0.2, 0) is 0 Å². The molecule has 0 aromatic carbocycles. The van der Waals surface area contributed by atoms with Crippen LogP contribution in [0.15, 0.2) is 24.0 Å². The molecule has 1 nitrogen and oxygen atoms in total. The summed E-state index contributed by atoms with van der Waals surface area (Å²) in [5.41, 5.74) is 0. The fraction of sp³-hybridized carbons (Fsp3) is 0.600. The van der Waals surface area contributed by atoms with Crippen molar-refractivity contribution in [3.63, 3.8) is 0 Å². The lowest BCUT2D eigenvalue weighted by molar-refractivity contribution is 0.264. The van der Waals surface area contributed by atoms with Crippen molar-refractivity contribution in [3.8, 4) is 0 Å². The lowest BCUT2D eigenvalue weighted by Gasteiger charge is -2.44. The molecule has 64 valence electrons. The van der Waals surface area contributed by atoms with Crippen molar-refractivity contribution in [2.24, 2.45) is 5.92 Å². The minimum atomic E-state index is -0.260. The van der Waals surface area contributed by atoms with E-state index in [2.05, 4.69) is 6.92 Å². The Labute approximate surface area is 75.6 Å². The summed E-state index contributed by atoms with van der Waals surface area (Å²) in [6.07, 6.45) is 7.38. The summed E-state index contributed by atoms with van der Waals surface area (Å²) >= 11 is 0. The van der Waals surface area contributed by atoms with Gasteiger partial charge in [-0.05, 0) is 30.3 Å². The Hall–Kier alpha value is -0.655. The fourth-order valence-corrected chi connectivity index (χ4v) is 1.47. The Kier molecular flexibility index (Phi) is 2.66. The molecule has 0 aromatic rings. The number of aliphatic hydroxyl groups excluding tert-OH is 1. The third kappa shape index (κ3) is 1.74. The molecule has 0 bridgehead atoms. The molecule has 1 saturated carbocycles. The summed E-state index contributed by atoms with van der Waals surface area (Å²) in [6, 6.07) is 0. The van der Waals surface area contributed by atoms with E-state index in [-0.39, 0.29) is 11.1 Å². The maximum Gasteiger partial charge on any atom is 0.111 e. The molecule has 2 heteroatoms. The molecule has 1 N–H and O–H groups in total. The summed E-state index contributed by atoms with van der Waals surface area (Å²) in [6.45, 7) is 3.99. The van der Waals surface area contributed by atoms with Gasteiger partial charge in [-0.15, -0.1) is 0 Å². The third-order valence-corrected chi connectivity index (χ3v) is 2.68. The summed E-state index contributed by atoms with van der Waals surface area (Å²) in [7, 11) is 6.01. The molecular weight excluding hydrogens is 147 g/mol. The van der Waals surface area contributed by atoms with Crippen molar-refractivity contribution in [2.45, 2.75) is 32.0 Å². The minimum Gasteiger partial charge on any atom is -0.508 e. The first-order valence-corrected chi connectivity index (χ1v) is 4.42. The van der Waals surface area contributed by atoms with Gasteiger partial charge in [0.2, 0.25) is 0 Å². The van der Waals surface area contributed by atoms with Crippen molar-refractivity contribution in [1.29, 1.82) is 0 Å². The Morgan fingerprint density at radius 1 is 1.67 bits per heavy atom. The van der Waals surface area contributed by atoms with Gasteiger partial charge in [-0.25, -0.2) is 0 Å². The van der Waals surface area contributed by atoms with E-state index in [0.29, 0.717) is 5.92 Å². The van der Waals surface area contributed by atoms with Gasteiger partial charge in [0.05, 0.1) is 7.85 Å². The first-order chi connectivity index (χ1) is 5.58. The highest BCUT2D eigenvalue weighted by molar-refractivity contribution is 6.17. The van der Waals surface area contributed by atoms with Gasteiger partial charge >= 0.3 is 0 Å². The van der Waals surface area contributed by atoms with Crippen LogP contribution >= 0.6 is 0 Å². The van der Waals surface area contributed by atoms with Crippen molar-refractivity contribution < 1.29 is 5.11 Å². The standard InChI is InChI=1S/C10H15BO/c1-3-4-9(12)7-10(11)6-5-8(10)2/h3-4,7-8,12H,5-6H2,1-2H3/b4-3-,9-7+. The van der Waals surface area contributed by atoms with Crippen LogP contribution in [0.1, 0.15) is 26.7 Å². The van der Waals surface area contributed by atoms with Gasteiger partial charge in [0.1, 0.15) is 5.76 Å². The predicted octanol–water partition coefficient (Wildman–Crippen LogP) is 2.76. The quantitative estimate of drug-likeness (QED) is 0.376. The number of aliphatic hydroxyl groups is 1. The molecule has 0 amide bonds. The molecule has 0 aliphatic heterocycles. The maximum atomic E-state index is 9.36. The average molecular weight is 162 g/mol. The topological polar surface area (TPSA) is 20.2 Å². The SMILES string of the molecule is [B]C1(/C=C(O)\C=C/C)CCC1C. The highest BCUT2D eigenvalue weighted by atomic mass is 16.3. The molecule has 0 heterocycles. The third-order valence-electron chi connectivity index (χ3n) is 2.68. The van der Waals surface area contributed by atoms with Gasteiger partial charge in [0.25, 0.3) is 0 Å². The molecule has 2 radical (unpaired) electrons. The van der Waals surface area contributed by atoms with Crippen LogP contribution in [-0.4, -0.2) is 13.0 Å². The second kappa shape index (κ2) is 3.38. The molecule has 0 aromatic heterocycles. The van der Waals surface area contributed by atoms with Crippen LogP contribution in [0.5, 0.6) is 0 Å². The molecule has 1 rings (SSSR count). The highest BCUT2D eigenvalue weighted by Crippen LogP contribution is 2.51. The van der Waals surface area contributed by atoms with Crippen molar-refractivity contribution >= 4 is 7.85 Å². The molecule has 2 atom stereocenters. The molecular formula is C10H15BO. The normalized spacial score (nSPS) is 36.8. The van der Waals surface area contributed by atoms with Gasteiger partial charge in [0, 0.05) is 0 Å². The number of hydrogen-bond donors (Lipinski definition) is 1. The van der Waals surface area contributed by atoms with E-state index in [1.807, 2.05) is 6.92 Å². The van der Waals surface area contributed by atoms with E-state index in [1.54, 1.807) is 18.2 Å². The zero-order valence-electron chi connectivity index (χ0n) is 7.75. The van der Waals surface area contributed by atoms with Gasteiger partial charge in [-0.1, -0.05) is 25.8 Å². The Morgan fingerprint density at radius 3 is 2.67 bits per heavy atom. The lowest BCUT2D eigenvalue weighted by Crippen LogP contribution is -2.30. The first-order valence-electron chi connectivity index (χ1n) is 4.42. The summed E-state index contributed by atoms with van der Waals surface area (Å²) in [4.78, 5) is 0. The molecule has 2 unspecified atom stereocenters. The molecule has 1 fully saturated rings. The van der Waals surface area contributed by atoms with E-state index < -0.39 is 0 Å². The Bertz CT molecular complexity index is 220. The second-order valence-corrected chi connectivity index (χ2v) is 3.62. The largest absolute Gasteiger partial charge is 0.508 e. The summed E-state index contributed by atoms with van der Waals surface area (Å²) in [5.74, 6) is 0.774. The average Bonchev–Trinajstić information content (AvgIpc) is 2.02. The van der Waals surface area contributed by atoms with Crippen molar-refractivity contribution in [2.75, 3.05) is 0 Å². The zero-order valence-corrected chi connectivity index (χ0v) is 7.75. The van der Waals surface area contributed by atoms with Gasteiger partial charge in [-0.3, -0.25) is 0 Å². The van der Waals surface area contributed by atoms with E-state index in [1.165, 1.54) is 0 Å². The second-order valence-electron chi connectivity index (χ2n) is 3.62. The summed E-state index contributed by atoms with van der Waals surface area (Å²) in [5, 5.41) is 9.10. The highest BCUT2D eigenvalue weighted by Gasteiger charge is 2.37. The van der Waals surface area contributed by atoms with Crippen molar-refractivity contribution in [3.05, 3.63) is 24.0 Å². The molecule has 0 spiro atoms. The Balaban J connectivity index is 2.65.